The number of carbonyl (C=O) groups is 2. The van der Waals surface area contributed by atoms with Gasteiger partial charge in [-0.05, 0) is 5.41 Å². The number of hydrogen-bond donors (Lipinski definition) is 2. The van der Waals surface area contributed by atoms with Gasteiger partial charge in [-0.25, -0.2) is 9.59 Å². The Kier molecular flexibility index (Phi) is 5.01. The Morgan fingerprint density at radius 2 is 2.00 bits per heavy atom. The third-order valence-electron chi connectivity index (χ3n) is 2.13. The standard InChI is InChI=1S/C11H20N2O3/c1-6-7-13(5)10(16)12-8(9(14)15)11(2,3)4/h6,8H,1,7H2,2-5H3,(H,12,16)(H,14,15)/t8-/m0/s1. The van der Waals surface area contributed by atoms with Crippen LogP contribution in [0.15, 0.2) is 12.7 Å². The second-order valence-corrected chi connectivity index (χ2v) is 4.76. The highest BCUT2D eigenvalue weighted by Gasteiger charge is 2.33. The molecule has 0 aliphatic heterocycles. The highest BCUT2D eigenvalue weighted by Crippen LogP contribution is 2.19. The first kappa shape index (κ1) is 14.5. The van der Waals surface area contributed by atoms with E-state index in [1.807, 2.05) is 0 Å². The summed E-state index contributed by atoms with van der Waals surface area (Å²) in [4.78, 5) is 24.0. The molecule has 0 unspecified atom stereocenters. The monoisotopic (exact) mass is 228 g/mol. The van der Waals surface area contributed by atoms with Crippen molar-refractivity contribution in [2.75, 3.05) is 13.6 Å². The molecule has 2 N–H and O–H groups in total. The number of aliphatic carboxylic acids is 1. The number of nitrogens with zero attached hydrogens (tertiary/aromatic N) is 1. The van der Waals surface area contributed by atoms with Crippen molar-refractivity contribution in [3.05, 3.63) is 12.7 Å². The highest BCUT2D eigenvalue weighted by molar-refractivity contribution is 5.83. The minimum atomic E-state index is -1.03. The van der Waals surface area contributed by atoms with Crippen LogP contribution >= 0.6 is 0 Å². The first-order valence-electron chi connectivity index (χ1n) is 5.05. The lowest BCUT2D eigenvalue weighted by Crippen LogP contribution is -2.52. The summed E-state index contributed by atoms with van der Waals surface area (Å²) < 4.78 is 0. The Bertz CT molecular complexity index is 281. The molecule has 16 heavy (non-hydrogen) atoms. The molecule has 1 atom stereocenters. The molecule has 0 saturated carbocycles. The molecule has 2 amide bonds. The maximum absolute atomic E-state index is 11.6. The normalized spacial score (nSPS) is 12.8. The number of urea groups is 1. The van der Waals surface area contributed by atoms with Crippen molar-refractivity contribution in [1.82, 2.24) is 10.2 Å². The maximum atomic E-state index is 11.6. The van der Waals surface area contributed by atoms with Crippen molar-refractivity contribution in [2.45, 2.75) is 26.8 Å². The quantitative estimate of drug-likeness (QED) is 0.713. The summed E-state index contributed by atoms with van der Waals surface area (Å²) in [6.07, 6.45) is 1.58. The number of amides is 2. The van der Waals surface area contributed by atoms with Gasteiger partial charge in [0.15, 0.2) is 0 Å². The van der Waals surface area contributed by atoms with E-state index in [1.165, 1.54) is 4.90 Å². The van der Waals surface area contributed by atoms with Crippen LogP contribution in [0.2, 0.25) is 0 Å². The van der Waals surface area contributed by atoms with Crippen LogP contribution in [0.4, 0.5) is 4.79 Å². The van der Waals surface area contributed by atoms with Crippen LogP contribution in [0.25, 0.3) is 0 Å². The molecule has 0 aliphatic carbocycles. The van der Waals surface area contributed by atoms with Crippen molar-refractivity contribution in [3.8, 4) is 0 Å². The lowest BCUT2D eigenvalue weighted by Gasteiger charge is -2.29. The number of carboxylic acids is 1. The van der Waals surface area contributed by atoms with Crippen molar-refractivity contribution in [1.29, 1.82) is 0 Å². The highest BCUT2D eigenvalue weighted by atomic mass is 16.4. The van der Waals surface area contributed by atoms with E-state index in [1.54, 1.807) is 33.9 Å². The molecule has 0 spiro atoms. The fraction of sp³-hybridized carbons (Fsp3) is 0.636. The van der Waals surface area contributed by atoms with E-state index in [9.17, 15) is 9.59 Å². The first-order valence-corrected chi connectivity index (χ1v) is 5.05. The number of rotatable bonds is 4. The zero-order valence-corrected chi connectivity index (χ0v) is 10.3. The second-order valence-electron chi connectivity index (χ2n) is 4.76. The van der Waals surface area contributed by atoms with Gasteiger partial charge in [-0.2, -0.15) is 0 Å². The van der Waals surface area contributed by atoms with Crippen molar-refractivity contribution in [2.24, 2.45) is 5.41 Å². The van der Waals surface area contributed by atoms with Crippen molar-refractivity contribution in [3.63, 3.8) is 0 Å². The van der Waals surface area contributed by atoms with E-state index in [4.69, 9.17) is 5.11 Å². The molecule has 0 aliphatic rings. The molecule has 0 bridgehead atoms. The van der Waals surface area contributed by atoms with Crippen LogP contribution in [-0.2, 0) is 4.79 Å². The van der Waals surface area contributed by atoms with E-state index in [-0.39, 0.29) is 0 Å². The molecule has 0 aromatic carbocycles. The van der Waals surface area contributed by atoms with Gasteiger partial charge in [0, 0.05) is 13.6 Å². The summed E-state index contributed by atoms with van der Waals surface area (Å²) in [6, 6.07) is -1.32. The van der Waals surface area contributed by atoms with Gasteiger partial charge in [0.1, 0.15) is 6.04 Å². The van der Waals surface area contributed by atoms with E-state index in [0.29, 0.717) is 6.54 Å². The fourth-order valence-corrected chi connectivity index (χ4v) is 1.16. The number of hydrogen-bond acceptors (Lipinski definition) is 2. The van der Waals surface area contributed by atoms with Crippen LogP contribution in [0, 0.1) is 5.41 Å². The molecular weight excluding hydrogens is 208 g/mol. The topological polar surface area (TPSA) is 69.6 Å². The smallest absolute Gasteiger partial charge is 0.326 e. The molecular formula is C11H20N2O3. The summed E-state index contributed by atoms with van der Waals surface area (Å²) in [5.41, 5.74) is -0.531. The molecule has 5 nitrogen and oxygen atoms in total. The molecule has 0 heterocycles. The second kappa shape index (κ2) is 5.53. The largest absolute Gasteiger partial charge is 0.480 e. The van der Waals surface area contributed by atoms with Crippen LogP contribution < -0.4 is 5.32 Å². The Hall–Kier alpha value is -1.52. The molecule has 0 aromatic heterocycles. The lowest BCUT2D eigenvalue weighted by atomic mass is 9.87. The van der Waals surface area contributed by atoms with Crippen molar-refractivity contribution < 1.29 is 14.7 Å². The molecule has 5 heteroatoms. The fourth-order valence-electron chi connectivity index (χ4n) is 1.16. The van der Waals surface area contributed by atoms with Gasteiger partial charge >= 0.3 is 12.0 Å². The van der Waals surface area contributed by atoms with Crippen LogP contribution in [0.1, 0.15) is 20.8 Å². The minimum Gasteiger partial charge on any atom is -0.480 e. The predicted octanol–water partition coefficient (Wildman–Crippen LogP) is 1.31. The number of likely N-dealkylation sites (N-methyl/N-ethyl adjacent to an activating group) is 1. The summed E-state index contributed by atoms with van der Waals surface area (Å²) in [6.45, 7) is 9.18. The summed E-state index contributed by atoms with van der Waals surface area (Å²) >= 11 is 0. The third-order valence-corrected chi connectivity index (χ3v) is 2.13. The molecule has 0 radical (unpaired) electrons. The van der Waals surface area contributed by atoms with Crippen LogP contribution in [-0.4, -0.2) is 41.6 Å². The van der Waals surface area contributed by atoms with E-state index < -0.39 is 23.5 Å². The Morgan fingerprint density at radius 1 is 1.50 bits per heavy atom. The summed E-state index contributed by atoms with van der Waals surface area (Å²) in [5.74, 6) is -1.03. The Morgan fingerprint density at radius 3 is 2.31 bits per heavy atom. The van der Waals surface area contributed by atoms with Gasteiger partial charge in [0.25, 0.3) is 0 Å². The molecule has 0 saturated heterocycles. The minimum absolute atomic E-state index is 0.377. The SMILES string of the molecule is C=CCN(C)C(=O)N[C@@H](C(=O)O)C(C)(C)C. The average molecular weight is 228 g/mol. The average Bonchev–Trinajstić information content (AvgIpc) is 2.11. The summed E-state index contributed by atoms with van der Waals surface area (Å²) in [7, 11) is 1.58. The van der Waals surface area contributed by atoms with Gasteiger partial charge < -0.3 is 15.3 Å². The third kappa shape index (κ3) is 4.33. The molecule has 92 valence electrons. The van der Waals surface area contributed by atoms with Crippen LogP contribution in [0.5, 0.6) is 0 Å². The van der Waals surface area contributed by atoms with Crippen molar-refractivity contribution >= 4 is 12.0 Å². The van der Waals surface area contributed by atoms with Gasteiger partial charge in [0.05, 0.1) is 0 Å². The summed E-state index contributed by atoms with van der Waals surface area (Å²) in [5, 5.41) is 11.5. The van der Waals surface area contributed by atoms with E-state index in [2.05, 4.69) is 11.9 Å². The Balaban J connectivity index is 4.59. The lowest BCUT2D eigenvalue weighted by molar-refractivity contribution is -0.142. The predicted molar refractivity (Wildman–Crippen MR) is 62.2 cm³/mol. The van der Waals surface area contributed by atoms with Gasteiger partial charge in [0.2, 0.25) is 0 Å². The zero-order chi connectivity index (χ0) is 12.9. The van der Waals surface area contributed by atoms with E-state index in [0.717, 1.165) is 0 Å². The Labute approximate surface area is 96.1 Å². The van der Waals surface area contributed by atoms with Crippen LogP contribution in [0.3, 0.4) is 0 Å². The number of carboxylic acid groups (broad SMARTS) is 1. The first-order chi connectivity index (χ1) is 7.20. The van der Waals surface area contributed by atoms with Gasteiger partial charge in [-0.3, -0.25) is 0 Å². The van der Waals surface area contributed by atoms with E-state index >= 15 is 0 Å². The zero-order valence-electron chi connectivity index (χ0n) is 10.3. The molecule has 0 fully saturated rings. The van der Waals surface area contributed by atoms with Gasteiger partial charge in [-0.1, -0.05) is 26.8 Å². The number of nitrogens with one attached hydrogen (secondary N) is 1. The molecule has 0 aromatic rings. The molecule has 0 rings (SSSR count). The maximum Gasteiger partial charge on any atom is 0.326 e. The van der Waals surface area contributed by atoms with Gasteiger partial charge in [-0.15, -0.1) is 6.58 Å². The number of carbonyl (C=O) groups excluding carboxylic acids is 1.